The molecule has 3 aromatic rings. The highest BCUT2D eigenvalue weighted by Crippen LogP contribution is 2.35. The van der Waals surface area contributed by atoms with Gasteiger partial charge in [-0.1, -0.05) is 36.2 Å². The predicted octanol–water partition coefficient (Wildman–Crippen LogP) is 4.04. The van der Waals surface area contributed by atoms with Gasteiger partial charge in [-0.15, -0.1) is 11.3 Å². The zero-order valence-corrected chi connectivity index (χ0v) is 17.9. The van der Waals surface area contributed by atoms with Crippen LogP contribution in [0.25, 0.3) is 10.2 Å². The van der Waals surface area contributed by atoms with E-state index in [2.05, 4.69) is 22.4 Å². The van der Waals surface area contributed by atoms with Crippen LogP contribution in [0.3, 0.4) is 0 Å². The predicted molar refractivity (Wildman–Crippen MR) is 117 cm³/mol. The topological polar surface area (TPSA) is 76.3 Å². The summed E-state index contributed by atoms with van der Waals surface area (Å²) in [6.45, 7) is 2.07. The molecule has 1 unspecified atom stereocenters. The van der Waals surface area contributed by atoms with Crippen molar-refractivity contribution in [2.24, 2.45) is 11.0 Å². The highest BCUT2D eigenvalue weighted by atomic mass is 35.5. The summed E-state index contributed by atoms with van der Waals surface area (Å²) in [6.07, 6.45) is 5.79. The van der Waals surface area contributed by atoms with Gasteiger partial charge in [0, 0.05) is 15.5 Å². The monoisotopic (exact) mass is 448 g/mol. The number of hydrogen-bond acceptors (Lipinski definition) is 5. The fourth-order valence-corrected chi connectivity index (χ4v) is 5.25. The summed E-state index contributed by atoms with van der Waals surface area (Å²) in [7, 11) is 0. The van der Waals surface area contributed by atoms with Gasteiger partial charge >= 0.3 is 0 Å². The van der Waals surface area contributed by atoms with Crippen LogP contribution in [-0.4, -0.2) is 21.7 Å². The van der Waals surface area contributed by atoms with Gasteiger partial charge in [-0.05, 0) is 42.9 Å². The molecule has 1 aliphatic carbocycles. The molecule has 0 bridgehead atoms. The second-order valence-electron chi connectivity index (χ2n) is 7.17. The SMILES string of the molecule is CC1CCc2c(sc3ncn(CC(=O)NN=Cc4ccc(Cl)cc4Cl)c(=O)c23)C1. The number of hydrogen-bond donors (Lipinski definition) is 1. The van der Waals surface area contributed by atoms with E-state index in [0.717, 1.165) is 29.7 Å². The third-order valence-corrected chi connectivity index (χ3v) is 6.68. The van der Waals surface area contributed by atoms with Crippen LogP contribution in [0.1, 0.15) is 29.3 Å². The Kier molecular flexibility index (Phi) is 5.72. The van der Waals surface area contributed by atoms with E-state index in [0.29, 0.717) is 26.9 Å². The molecular formula is C20H18Cl2N4O2S. The van der Waals surface area contributed by atoms with Crippen molar-refractivity contribution in [3.8, 4) is 0 Å². The minimum Gasteiger partial charge on any atom is -0.289 e. The van der Waals surface area contributed by atoms with E-state index in [1.807, 2.05) is 0 Å². The van der Waals surface area contributed by atoms with E-state index in [9.17, 15) is 9.59 Å². The second kappa shape index (κ2) is 8.26. The van der Waals surface area contributed by atoms with Gasteiger partial charge in [0.15, 0.2) is 0 Å². The maximum absolute atomic E-state index is 12.9. The van der Waals surface area contributed by atoms with Gasteiger partial charge in [0.1, 0.15) is 11.4 Å². The van der Waals surface area contributed by atoms with Crippen molar-refractivity contribution in [2.45, 2.75) is 32.7 Å². The number of nitrogens with one attached hydrogen (secondary N) is 1. The molecular weight excluding hydrogens is 431 g/mol. The van der Waals surface area contributed by atoms with E-state index < -0.39 is 5.91 Å². The van der Waals surface area contributed by atoms with Crippen LogP contribution in [0.2, 0.25) is 10.0 Å². The molecule has 0 aliphatic heterocycles. The molecule has 0 radical (unpaired) electrons. The number of fused-ring (bicyclic) bond motifs is 3. The number of carbonyl (C=O) groups is 1. The van der Waals surface area contributed by atoms with Crippen LogP contribution >= 0.6 is 34.5 Å². The second-order valence-corrected chi connectivity index (χ2v) is 9.10. The van der Waals surface area contributed by atoms with Crippen LogP contribution < -0.4 is 11.0 Å². The fraction of sp³-hybridized carbons (Fsp3) is 0.300. The van der Waals surface area contributed by atoms with Crippen molar-refractivity contribution in [3.05, 3.63) is 60.9 Å². The van der Waals surface area contributed by atoms with Crippen molar-refractivity contribution in [1.29, 1.82) is 0 Å². The number of thiophene rings is 1. The molecule has 9 heteroatoms. The number of halogens is 2. The molecule has 0 saturated heterocycles. The number of rotatable bonds is 4. The molecule has 4 rings (SSSR count). The van der Waals surface area contributed by atoms with Crippen molar-refractivity contribution < 1.29 is 4.79 Å². The van der Waals surface area contributed by atoms with Crippen LogP contribution in [-0.2, 0) is 24.2 Å². The summed E-state index contributed by atoms with van der Waals surface area (Å²) in [5.74, 6) is 0.197. The van der Waals surface area contributed by atoms with Crippen molar-refractivity contribution in [2.75, 3.05) is 0 Å². The quantitative estimate of drug-likeness (QED) is 0.483. The van der Waals surface area contributed by atoms with Crippen molar-refractivity contribution in [3.63, 3.8) is 0 Å². The van der Waals surface area contributed by atoms with Gasteiger partial charge in [0.25, 0.3) is 11.5 Å². The lowest BCUT2D eigenvalue weighted by Gasteiger charge is -2.17. The first kappa shape index (κ1) is 20.1. The fourth-order valence-electron chi connectivity index (χ4n) is 3.45. The third-order valence-electron chi connectivity index (χ3n) is 4.95. The Morgan fingerprint density at radius 2 is 2.28 bits per heavy atom. The lowest BCUT2D eigenvalue weighted by molar-refractivity contribution is -0.121. The maximum atomic E-state index is 12.9. The normalized spacial score (nSPS) is 16.3. The molecule has 1 aliphatic rings. The first-order chi connectivity index (χ1) is 13.9. The van der Waals surface area contributed by atoms with E-state index in [1.54, 1.807) is 29.5 Å². The molecule has 150 valence electrons. The molecule has 2 heterocycles. The van der Waals surface area contributed by atoms with Gasteiger partial charge in [0.05, 0.1) is 23.0 Å². The minimum absolute atomic E-state index is 0.158. The Labute approximate surface area is 181 Å². The summed E-state index contributed by atoms with van der Waals surface area (Å²) >= 11 is 13.5. The van der Waals surface area contributed by atoms with Gasteiger partial charge in [-0.3, -0.25) is 14.2 Å². The molecule has 0 fully saturated rings. The summed E-state index contributed by atoms with van der Waals surface area (Å²) < 4.78 is 1.33. The Hall–Kier alpha value is -2.22. The van der Waals surface area contributed by atoms with Gasteiger partial charge in [0.2, 0.25) is 0 Å². The van der Waals surface area contributed by atoms with Crippen LogP contribution in [0, 0.1) is 5.92 Å². The molecule has 0 spiro atoms. The average Bonchev–Trinajstić information content (AvgIpc) is 3.04. The van der Waals surface area contributed by atoms with Crippen LogP contribution in [0.15, 0.2) is 34.4 Å². The molecule has 1 amide bonds. The standard InChI is InChI=1S/C20H18Cl2N4O2S/c1-11-2-5-14-16(6-11)29-19-18(14)20(28)26(10-23-19)9-17(27)25-24-8-12-3-4-13(21)7-15(12)22/h3-4,7-8,10-11H,2,5-6,9H2,1H3,(H,25,27). The van der Waals surface area contributed by atoms with Gasteiger partial charge < -0.3 is 0 Å². The zero-order chi connectivity index (χ0) is 20.5. The maximum Gasteiger partial charge on any atom is 0.262 e. The summed E-state index contributed by atoms with van der Waals surface area (Å²) in [5, 5.41) is 5.50. The van der Waals surface area contributed by atoms with E-state index in [-0.39, 0.29) is 12.1 Å². The third kappa shape index (κ3) is 4.22. The van der Waals surface area contributed by atoms with Gasteiger partial charge in [-0.25, -0.2) is 10.4 Å². The number of benzene rings is 1. The number of amides is 1. The molecule has 1 aromatic carbocycles. The molecule has 29 heavy (non-hydrogen) atoms. The highest BCUT2D eigenvalue weighted by molar-refractivity contribution is 7.18. The summed E-state index contributed by atoms with van der Waals surface area (Å²) in [5.41, 5.74) is 3.96. The largest absolute Gasteiger partial charge is 0.289 e. The Bertz CT molecular complexity index is 1190. The zero-order valence-electron chi connectivity index (χ0n) is 15.6. The highest BCUT2D eigenvalue weighted by Gasteiger charge is 2.23. The average molecular weight is 449 g/mol. The number of aromatic nitrogens is 2. The van der Waals surface area contributed by atoms with E-state index >= 15 is 0 Å². The molecule has 0 saturated carbocycles. The lowest BCUT2D eigenvalue weighted by atomic mass is 9.89. The summed E-state index contributed by atoms with van der Waals surface area (Å²) in [4.78, 5) is 31.6. The summed E-state index contributed by atoms with van der Waals surface area (Å²) in [6, 6.07) is 4.97. The van der Waals surface area contributed by atoms with Gasteiger partial charge in [-0.2, -0.15) is 5.10 Å². The van der Waals surface area contributed by atoms with Crippen LogP contribution in [0.4, 0.5) is 0 Å². The Morgan fingerprint density at radius 1 is 1.45 bits per heavy atom. The Morgan fingerprint density at radius 3 is 3.07 bits per heavy atom. The van der Waals surface area contributed by atoms with Crippen molar-refractivity contribution >= 4 is 56.9 Å². The molecule has 1 N–H and O–H groups in total. The first-order valence-corrected chi connectivity index (χ1v) is 10.8. The molecule has 6 nitrogen and oxygen atoms in total. The minimum atomic E-state index is -0.424. The van der Waals surface area contributed by atoms with E-state index in [1.165, 1.54) is 22.0 Å². The Balaban J connectivity index is 1.50. The van der Waals surface area contributed by atoms with Crippen molar-refractivity contribution in [1.82, 2.24) is 15.0 Å². The molecule has 2 aromatic heterocycles. The number of hydrazone groups is 1. The van der Waals surface area contributed by atoms with Crippen LogP contribution in [0.5, 0.6) is 0 Å². The number of aryl methyl sites for hydroxylation is 1. The first-order valence-electron chi connectivity index (χ1n) is 9.19. The lowest BCUT2D eigenvalue weighted by Crippen LogP contribution is -2.30. The smallest absolute Gasteiger partial charge is 0.262 e. The number of nitrogens with zero attached hydrogens (tertiary/aromatic N) is 3. The molecule has 1 atom stereocenters. The van der Waals surface area contributed by atoms with E-state index in [4.69, 9.17) is 23.2 Å². The number of carbonyl (C=O) groups excluding carboxylic acids is 1.